The van der Waals surface area contributed by atoms with Gasteiger partial charge in [0, 0.05) is 0 Å². The Kier molecular flexibility index (Phi) is 4.36. The van der Waals surface area contributed by atoms with Crippen molar-refractivity contribution in [2.45, 2.75) is 45.4 Å². The minimum Gasteiger partial charge on any atom is -0.468 e. The summed E-state index contributed by atoms with van der Waals surface area (Å²) in [5.41, 5.74) is 5.28. The maximum Gasteiger partial charge on any atom is 0.325 e. The van der Waals surface area contributed by atoms with Crippen LogP contribution in [-0.2, 0) is 14.3 Å². The summed E-state index contributed by atoms with van der Waals surface area (Å²) in [7, 11) is 1.31. The van der Waals surface area contributed by atoms with Crippen LogP contribution in [0.5, 0.6) is 0 Å². The van der Waals surface area contributed by atoms with Gasteiger partial charge in [0.05, 0.1) is 18.8 Å². The Morgan fingerprint density at radius 2 is 1.85 bits per heavy atom. The van der Waals surface area contributed by atoms with E-state index in [-0.39, 0.29) is 11.7 Å². The van der Waals surface area contributed by atoms with E-state index < -0.39 is 12.0 Å². The second-order valence-corrected chi connectivity index (χ2v) is 3.98. The summed E-state index contributed by atoms with van der Waals surface area (Å²) in [5, 5.41) is 0. The highest BCUT2D eigenvalue weighted by molar-refractivity contribution is 5.75. The van der Waals surface area contributed by atoms with Gasteiger partial charge >= 0.3 is 5.97 Å². The van der Waals surface area contributed by atoms with Crippen molar-refractivity contribution in [2.24, 2.45) is 5.73 Å². The van der Waals surface area contributed by atoms with Crippen molar-refractivity contribution in [1.82, 2.24) is 0 Å². The number of esters is 1. The zero-order valence-electron chi connectivity index (χ0n) is 8.96. The minimum absolute atomic E-state index is 0.301. The van der Waals surface area contributed by atoms with Crippen molar-refractivity contribution in [1.29, 1.82) is 0 Å². The second-order valence-electron chi connectivity index (χ2n) is 3.98. The third-order valence-electron chi connectivity index (χ3n) is 1.52. The van der Waals surface area contributed by atoms with Gasteiger partial charge in [-0.05, 0) is 27.7 Å². The molecule has 0 bridgehead atoms. The fourth-order valence-corrected chi connectivity index (χ4v) is 0.959. The molecule has 0 aromatic heterocycles. The number of carbonyl (C=O) groups excluding carboxylic acids is 1. The molecule has 2 atom stereocenters. The first-order chi connectivity index (χ1) is 5.78. The molecule has 0 rings (SSSR count). The molecule has 13 heavy (non-hydrogen) atoms. The Balaban J connectivity index is 4.11. The van der Waals surface area contributed by atoms with Gasteiger partial charge in [-0.1, -0.05) is 0 Å². The van der Waals surface area contributed by atoms with Crippen LogP contribution < -0.4 is 5.73 Å². The van der Waals surface area contributed by atoms with Crippen LogP contribution in [0.3, 0.4) is 0 Å². The van der Waals surface area contributed by atoms with Gasteiger partial charge in [0.1, 0.15) is 6.04 Å². The molecule has 0 radical (unpaired) electrons. The molecule has 0 aliphatic carbocycles. The molecule has 0 saturated carbocycles. The predicted molar refractivity (Wildman–Crippen MR) is 50.3 cm³/mol. The summed E-state index contributed by atoms with van der Waals surface area (Å²) in [6, 6.07) is -0.718. The molecular weight excluding hydrogens is 170 g/mol. The Labute approximate surface area is 79.4 Å². The van der Waals surface area contributed by atoms with Crippen molar-refractivity contribution >= 4 is 5.97 Å². The summed E-state index contributed by atoms with van der Waals surface area (Å²) in [5.74, 6) is -0.447. The van der Waals surface area contributed by atoms with E-state index in [0.29, 0.717) is 0 Å². The predicted octanol–water partition coefficient (Wildman–Crippen LogP) is 0.690. The monoisotopic (exact) mass is 189 g/mol. The van der Waals surface area contributed by atoms with Crippen LogP contribution in [0.25, 0.3) is 0 Å². The molecule has 0 aromatic rings. The lowest BCUT2D eigenvalue weighted by Crippen LogP contribution is -2.45. The van der Waals surface area contributed by atoms with Gasteiger partial charge in [0.2, 0.25) is 0 Å². The molecule has 4 nitrogen and oxygen atoms in total. The van der Waals surface area contributed by atoms with Crippen LogP contribution in [0, 0.1) is 0 Å². The van der Waals surface area contributed by atoms with Crippen molar-refractivity contribution in [3.63, 3.8) is 0 Å². The Morgan fingerprint density at radius 1 is 1.38 bits per heavy atom. The quantitative estimate of drug-likeness (QED) is 0.663. The van der Waals surface area contributed by atoms with Crippen LogP contribution in [0.2, 0.25) is 0 Å². The first-order valence-corrected chi connectivity index (χ1v) is 4.29. The average molecular weight is 189 g/mol. The minimum atomic E-state index is -0.718. The van der Waals surface area contributed by atoms with E-state index in [1.54, 1.807) is 6.92 Å². The Hall–Kier alpha value is -0.610. The van der Waals surface area contributed by atoms with Gasteiger partial charge < -0.3 is 15.2 Å². The van der Waals surface area contributed by atoms with Crippen molar-refractivity contribution in [3.05, 3.63) is 0 Å². The lowest BCUT2D eigenvalue weighted by Gasteiger charge is -2.27. The van der Waals surface area contributed by atoms with E-state index in [9.17, 15) is 4.79 Å². The van der Waals surface area contributed by atoms with Crippen molar-refractivity contribution < 1.29 is 14.3 Å². The van der Waals surface area contributed by atoms with Gasteiger partial charge in [-0.3, -0.25) is 4.79 Å². The molecule has 0 aliphatic rings. The molecule has 2 N–H and O–H groups in total. The number of rotatable bonds is 3. The van der Waals surface area contributed by atoms with E-state index in [2.05, 4.69) is 4.74 Å². The average Bonchev–Trinajstić information content (AvgIpc) is 1.98. The van der Waals surface area contributed by atoms with E-state index in [1.807, 2.05) is 20.8 Å². The van der Waals surface area contributed by atoms with E-state index in [4.69, 9.17) is 10.5 Å². The first kappa shape index (κ1) is 12.4. The number of methoxy groups -OCH3 is 1. The number of hydrogen-bond acceptors (Lipinski definition) is 4. The number of hydrogen-bond donors (Lipinski definition) is 1. The molecular formula is C9H19NO3. The Morgan fingerprint density at radius 3 is 2.15 bits per heavy atom. The highest BCUT2D eigenvalue weighted by atomic mass is 16.5. The molecule has 0 unspecified atom stereocenters. The molecule has 0 aliphatic heterocycles. The van der Waals surface area contributed by atoms with Gasteiger partial charge in [-0.2, -0.15) is 0 Å². The van der Waals surface area contributed by atoms with E-state index in [1.165, 1.54) is 7.11 Å². The van der Waals surface area contributed by atoms with Crippen LogP contribution in [0.4, 0.5) is 0 Å². The number of nitrogens with two attached hydrogens (primary N) is 1. The molecule has 0 aromatic carbocycles. The fourth-order valence-electron chi connectivity index (χ4n) is 0.959. The fraction of sp³-hybridized carbons (Fsp3) is 0.889. The Bertz CT molecular complexity index is 174. The lowest BCUT2D eigenvalue weighted by molar-refractivity contribution is -0.149. The lowest BCUT2D eigenvalue weighted by atomic mass is 10.1. The number of carbonyl (C=O) groups is 1. The van der Waals surface area contributed by atoms with Gasteiger partial charge in [-0.15, -0.1) is 0 Å². The van der Waals surface area contributed by atoms with E-state index in [0.717, 1.165) is 0 Å². The third-order valence-corrected chi connectivity index (χ3v) is 1.52. The largest absolute Gasteiger partial charge is 0.468 e. The van der Waals surface area contributed by atoms with Crippen LogP contribution in [-0.4, -0.2) is 30.8 Å². The molecule has 78 valence electrons. The number of ether oxygens (including phenoxy) is 2. The SMILES string of the molecule is COC(=O)[C@H](N)[C@H](C)OC(C)(C)C. The zero-order chi connectivity index (χ0) is 10.6. The maximum atomic E-state index is 11.0. The molecule has 0 amide bonds. The van der Waals surface area contributed by atoms with Crippen LogP contribution in [0.1, 0.15) is 27.7 Å². The molecule has 0 fully saturated rings. The first-order valence-electron chi connectivity index (χ1n) is 4.29. The van der Waals surface area contributed by atoms with E-state index >= 15 is 0 Å². The summed E-state index contributed by atoms with van der Waals surface area (Å²) in [4.78, 5) is 11.0. The van der Waals surface area contributed by atoms with Crippen molar-refractivity contribution in [2.75, 3.05) is 7.11 Å². The summed E-state index contributed by atoms with van der Waals surface area (Å²) in [6.45, 7) is 7.49. The van der Waals surface area contributed by atoms with Gasteiger partial charge in [-0.25, -0.2) is 0 Å². The van der Waals surface area contributed by atoms with Gasteiger partial charge in [0.15, 0.2) is 0 Å². The van der Waals surface area contributed by atoms with Crippen molar-refractivity contribution in [3.8, 4) is 0 Å². The third kappa shape index (κ3) is 4.85. The topological polar surface area (TPSA) is 61.5 Å². The highest BCUT2D eigenvalue weighted by Gasteiger charge is 2.26. The van der Waals surface area contributed by atoms with Gasteiger partial charge in [0.25, 0.3) is 0 Å². The molecule has 0 saturated heterocycles. The standard InChI is InChI=1S/C9H19NO3/c1-6(13-9(2,3)4)7(10)8(11)12-5/h6-7H,10H2,1-5H3/t6-,7+/m0/s1. The highest BCUT2D eigenvalue weighted by Crippen LogP contribution is 2.12. The smallest absolute Gasteiger partial charge is 0.325 e. The molecule has 0 heterocycles. The van der Waals surface area contributed by atoms with Crippen LogP contribution >= 0.6 is 0 Å². The molecule has 0 spiro atoms. The normalized spacial score (nSPS) is 16.5. The summed E-state index contributed by atoms with van der Waals surface area (Å²) < 4.78 is 10.0. The summed E-state index contributed by atoms with van der Waals surface area (Å²) >= 11 is 0. The molecule has 4 heteroatoms. The summed E-state index contributed by atoms with van der Waals surface area (Å²) in [6.07, 6.45) is -0.340. The zero-order valence-corrected chi connectivity index (χ0v) is 8.96. The van der Waals surface area contributed by atoms with Crippen LogP contribution in [0.15, 0.2) is 0 Å². The maximum absolute atomic E-state index is 11.0. The second kappa shape index (κ2) is 4.58.